The second kappa shape index (κ2) is 55.3. The zero-order valence-corrected chi connectivity index (χ0v) is 45.9. The molecule has 0 aliphatic heterocycles. The van der Waals surface area contributed by atoms with Crippen LogP contribution in [0.2, 0.25) is 0 Å². The van der Waals surface area contributed by atoms with Gasteiger partial charge in [0.15, 0.2) is 6.10 Å². The van der Waals surface area contributed by atoms with Gasteiger partial charge in [0.05, 0.1) is 0 Å². The van der Waals surface area contributed by atoms with Crippen LogP contribution in [0.25, 0.3) is 0 Å². The summed E-state index contributed by atoms with van der Waals surface area (Å²) >= 11 is 0. The average molecular weight is 948 g/mol. The van der Waals surface area contributed by atoms with Gasteiger partial charge in [-0.2, -0.15) is 0 Å². The Labute approximate surface area is 418 Å². The monoisotopic (exact) mass is 947 g/mol. The van der Waals surface area contributed by atoms with E-state index in [2.05, 4.69) is 27.7 Å². The van der Waals surface area contributed by atoms with Crippen LogP contribution < -0.4 is 0 Å². The lowest BCUT2D eigenvalue weighted by atomic mass is 10.0. The van der Waals surface area contributed by atoms with Crippen molar-refractivity contribution in [2.24, 2.45) is 5.92 Å². The molecule has 67 heavy (non-hydrogen) atoms. The minimum atomic E-state index is -0.762. The molecule has 0 aromatic rings. The highest BCUT2D eigenvalue weighted by Gasteiger charge is 2.19. The minimum absolute atomic E-state index is 0.0616. The molecule has 6 heteroatoms. The van der Waals surface area contributed by atoms with Gasteiger partial charge in [-0.1, -0.05) is 310 Å². The SMILES string of the molecule is CCCCCCCCCCCCCCCCCCCCCC(=O)O[C@H](COC(=O)CCCCCCCCCCCCCCCC)COC(=O)CCCCCCCCCCCCCCCC(C)C. The van der Waals surface area contributed by atoms with Crippen molar-refractivity contribution in [1.29, 1.82) is 0 Å². The average Bonchev–Trinajstić information content (AvgIpc) is 3.31. The van der Waals surface area contributed by atoms with Gasteiger partial charge >= 0.3 is 17.9 Å². The summed E-state index contributed by atoms with van der Waals surface area (Å²) in [5.41, 5.74) is 0. The fourth-order valence-corrected chi connectivity index (χ4v) is 9.46. The van der Waals surface area contributed by atoms with Gasteiger partial charge in [-0.25, -0.2) is 0 Å². The smallest absolute Gasteiger partial charge is 0.306 e. The Balaban J connectivity index is 4.28. The van der Waals surface area contributed by atoms with Gasteiger partial charge in [-0.3, -0.25) is 14.4 Å². The van der Waals surface area contributed by atoms with E-state index in [0.717, 1.165) is 63.7 Å². The van der Waals surface area contributed by atoms with E-state index in [1.165, 1.54) is 244 Å². The van der Waals surface area contributed by atoms with Crippen molar-refractivity contribution in [1.82, 2.24) is 0 Å². The van der Waals surface area contributed by atoms with E-state index >= 15 is 0 Å². The van der Waals surface area contributed by atoms with E-state index in [1.54, 1.807) is 0 Å². The lowest BCUT2D eigenvalue weighted by Crippen LogP contribution is -2.30. The summed E-state index contributed by atoms with van der Waals surface area (Å²) in [6.45, 7) is 9.07. The number of rotatable bonds is 56. The third-order valence-electron chi connectivity index (χ3n) is 14.0. The van der Waals surface area contributed by atoms with Crippen molar-refractivity contribution >= 4 is 17.9 Å². The summed E-state index contributed by atoms with van der Waals surface area (Å²) in [5, 5.41) is 0. The molecule has 0 aromatic heterocycles. The molecule has 0 amide bonds. The summed E-state index contributed by atoms with van der Waals surface area (Å²) < 4.78 is 16.9. The molecule has 0 heterocycles. The van der Waals surface area contributed by atoms with Crippen LogP contribution in [0.4, 0.5) is 0 Å². The molecule has 0 saturated carbocycles. The summed E-state index contributed by atoms with van der Waals surface area (Å²) in [6, 6.07) is 0. The first-order valence-electron chi connectivity index (χ1n) is 30.4. The largest absolute Gasteiger partial charge is 0.462 e. The first-order chi connectivity index (χ1) is 32.9. The van der Waals surface area contributed by atoms with Crippen LogP contribution in [0.3, 0.4) is 0 Å². The van der Waals surface area contributed by atoms with Gasteiger partial charge in [0.25, 0.3) is 0 Å². The molecular weight excluding hydrogens is 829 g/mol. The second-order valence-corrected chi connectivity index (χ2v) is 21.5. The molecule has 6 nitrogen and oxygen atoms in total. The predicted molar refractivity (Wildman–Crippen MR) is 289 cm³/mol. The van der Waals surface area contributed by atoms with Crippen molar-refractivity contribution in [3.63, 3.8) is 0 Å². The standard InChI is InChI=1S/C61H118O6/c1-5-7-9-11-13-15-17-19-21-22-23-24-25-29-34-38-42-46-50-54-61(64)67-58(55-65-59(62)52-48-44-40-36-32-28-20-18-16-14-12-10-8-6-2)56-66-60(63)53-49-45-41-37-33-30-26-27-31-35-39-43-47-51-57(3)4/h57-58H,5-56H2,1-4H3/t58-/m1/s1. The molecule has 0 saturated heterocycles. The van der Waals surface area contributed by atoms with E-state index in [9.17, 15) is 14.4 Å². The maximum Gasteiger partial charge on any atom is 0.306 e. The molecule has 0 aliphatic rings. The highest BCUT2D eigenvalue weighted by Crippen LogP contribution is 2.18. The number of ether oxygens (including phenoxy) is 3. The fourth-order valence-electron chi connectivity index (χ4n) is 9.46. The molecule has 0 unspecified atom stereocenters. The highest BCUT2D eigenvalue weighted by atomic mass is 16.6. The number of esters is 3. The number of carbonyl (C=O) groups is 3. The van der Waals surface area contributed by atoms with Crippen LogP contribution in [-0.4, -0.2) is 37.2 Å². The van der Waals surface area contributed by atoms with Crippen LogP contribution in [0.1, 0.15) is 349 Å². The topological polar surface area (TPSA) is 78.9 Å². The summed E-state index contributed by atoms with van der Waals surface area (Å²) in [5.74, 6) is 0.00811. The van der Waals surface area contributed by atoms with E-state index < -0.39 is 6.10 Å². The Morgan fingerprint density at radius 2 is 0.493 bits per heavy atom. The molecule has 0 radical (unpaired) electrons. The Morgan fingerprint density at radius 1 is 0.284 bits per heavy atom. The normalized spacial score (nSPS) is 12.0. The molecule has 0 fully saturated rings. The zero-order valence-electron chi connectivity index (χ0n) is 45.9. The van der Waals surface area contributed by atoms with Gasteiger partial charge in [-0.15, -0.1) is 0 Å². The molecule has 1 atom stereocenters. The van der Waals surface area contributed by atoms with E-state index in [-0.39, 0.29) is 31.1 Å². The predicted octanol–water partition coefficient (Wildman–Crippen LogP) is 20.2. The van der Waals surface area contributed by atoms with Crippen LogP contribution in [0.5, 0.6) is 0 Å². The summed E-state index contributed by atoms with van der Waals surface area (Å²) in [7, 11) is 0. The van der Waals surface area contributed by atoms with Crippen LogP contribution >= 0.6 is 0 Å². The number of hydrogen-bond acceptors (Lipinski definition) is 6. The van der Waals surface area contributed by atoms with Crippen molar-refractivity contribution in [3.8, 4) is 0 Å². The molecule has 0 spiro atoms. The lowest BCUT2D eigenvalue weighted by Gasteiger charge is -2.18. The van der Waals surface area contributed by atoms with Gasteiger partial charge in [-0.05, 0) is 25.2 Å². The van der Waals surface area contributed by atoms with Crippen molar-refractivity contribution in [2.75, 3.05) is 13.2 Å². The van der Waals surface area contributed by atoms with E-state index in [0.29, 0.717) is 19.3 Å². The first kappa shape index (κ1) is 65.4. The minimum Gasteiger partial charge on any atom is -0.462 e. The molecule has 398 valence electrons. The number of carbonyl (C=O) groups excluding carboxylic acids is 3. The fraction of sp³-hybridized carbons (Fsp3) is 0.951. The maximum atomic E-state index is 12.9. The van der Waals surface area contributed by atoms with Crippen molar-refractivity contribution in [2.45, 2.75) is 355 Å². The Hall–Kier alpha value is -1.59. The third-order valence-corrected chi connectivity index (χ3v) is 14.0. The highest BCUT2D eigenvalue weighted by molar-refractivity contribution is 5.71. The number of unbranched alkanes of at least 4 members (excludes halogenated alkanes) is 43. The zero-order chi connectivity index (χ0) is 48.8. The lowest BCUT2D eigenvalue weighted by molar-refractivity contribution is -0.167. The maximum absolute atomic E-state index is 12.9. The van der Waals surface area contributed by atoms with Gasteiger partial charge in [0, 0.05) is 19.3 Å². The Bertz CT molecular complexity index is 1010. The summed E-state index contributed by atoms with van der Waals surface area (Å²) in [6.07, 6.45) is 61.0. The quantitative estimate of drug-likeness (QED) is 0.0343. The molecule has 0 rings (SSSR count). The molecule has 0 aliphatic carbocycles. The molecule has 0 N–H and O–H groups in total. The number of hydrogen-bond donors (Lipinski definition) is 0. The van der Waals surface area contributed by atoms with Gasteiger partial charge < -0.3 is 14.2 Å². The van der Waals surface area contributed by atoms with E-state index in [1.807, 2.05) is 0 Å². The Morgan fingerprint density at radius 3 is 0.731 bits per heavy atom. The van der Waals surface area contributed by atoms with Crippen LogP contribution in [-0.2, 0) is 28.6 Å². The molecular formula is C61H118O6. The third kappa shape index (κ3) is 55.2. The van der Waals surface area contributed by atoms with Gasteiger partial charge in [0.2, 0.25) is 0 Å². The molecule has 0 bridgehead atoms. The van der Waals surface area contributed by atoms with Crippen LogP contribution in [0, 0.1) is 5.92 Å². The Kier molecular flexibility index (Phi) is 54.0. The van der Waals surface area contributed by atoms with E-state index in [4.69, 9.17) is 14.2 Å². The summed E-state index contributed by atoms with van der Waals surface area (Å²) in [4.78, 5) is 38.2. The van der Waals surface area contributed by atoms with Crippen LogP contribution in [0.15, 0.2) is 0 Å². The first-order valence-corrected chi connectivity index (χ1v) is 30.4. The second-order valence-electron chi connectivity index (χ2n) is 21.5. The van der Waals surface area contributed by atoms with Gasteiger partial charge in [0.1, 0.15) is 13.2 Å². The molecule has 0 aromatic carbocycles. The van der Waals surface area contributed by atoms with Crippen molar-refractivity contribution < 1.29 is 28.6 Å². The van der Waals surface area contributed by atoms with Crippen molar-refractivity contribution in [3.05, 3.63) is 0 Å².